The zero-order chi connectivity index (χ0) is 14.0. The van der Waals surface area contributed by atoms with Crippen molar-refractivity contribution in [2.75, 3.05) is 0 Å². The molecule has 5 heteroatoms. The van der Waals surface area contributed by atoms with Crippen molar-refractivity contribution in [3.8, 4) is 0 Å². The van der Waals surface area contributed by atoms with Gasteiger partial charge in [0.05, 0.1) is 4.47 Å². The van der Waals surface area contributed by atoms with Crippen molar-refractivity contribution in [1.82, 2.24) is 0 Å². The second-order valence-electron chi connectivity index (χ2n) is 3.98. The Morgan fingerprint density at radius 3 is 2.26 bits per heavy atom. The minimum atomic E-state index is -1.06. The molecule has 0 heterocycles. The maximum atomic E-state index is 13.0. The molecule has 0 spiro atoms. The summed E-state index contributed by atoms with van der Waals surface area (Å²) in [7, 11) is 0. The van der Waals surface area contributed by atoms with E-state index in [1.165, 1.54) is 24.3 Å². The fraction of sp³-hybridized carbons (Fsp3) is 0.0714. The van der Waals surface area contributed by atoms with Crippen LogP contribution in [-0.2, 0) is 6.42 Å². The maximum Gasteiger partial charge on any atom is 0.167 e. The largest absolute Gasteiger partial charge is 0.294 e. The van der Waals surface area contributed by atoms with Crippen molar-refractivity contribution in [3.63, 3.8) is 0 Å². The van der Waals surface area contributed by atoms with Gasteiger partial charge in [0.25, 0.3) is 0 Å². The molecule has 2 rings (SSSR count). The van der Waals surface area contributed by atoms with E-state index >= 15 is 0 Å². The van der Waals surface area contributed by atoms with Gasteiger partial charge in [-0.1, -0.05) is 6.07 Å². The molecule has 0 aromatic heterocycles. The normalized spacial score (nSPS) is 10.5. The predicted octanol–water partition coefficient (Wildman–Crippen LogP) is 4.29. The highest BCUT2D eigenvalue weighted by molar-refractivity contribution is 9.10. The molecule has 0 fully saturated rings. The van der Waals surface area contributed by atoms with Crippen LogP contribution >= 0.6 is 15.9 Å². The van der Waals surface area contributed by atoms with Gasteiger partial charge < -0.3 is 0 Å². The highest BCUT2D eigenvalue weighted by Gasteiger charge is 2.11. The minimum Gasteiger partial charge on any atom is -0.294 e. The molecule has 0 saturated carbocycles. The van der Waals surface area contributed by atoms with E-state index in [1.807, 2.05) is 0 Å². The van der Waals surface area contributed by atoms with Gasteiger partial charge in [-0.2, -0.15) is 0 Å². The van der Waals surface area contributed by atoms with Crippen molar-refractivity contribution >= 4 is 21.7 Å². The van der Waals surface area contributed by atoms with E-state index in [2.05, 4.69) is 15.9 Å². The molecule has 19 heavy (non-hydrogen) atoms. The average molecular weight is 329 g/mol. The number of hydrogen-bond acceptors (Lipinski definition) is 1. The summed E-state index contributed by atoms with van der Waals surface area (Å²) >= 11 is 3.02. The number of carbonyl (C=O) groups is 1. The van der Waals surface area contributed by atoms with Gasteiger partial charge in [-0.3, -0.25) is 4.79 Å². The summed E-state index contributed by atoms with van der Waals surface area (Å²) in [6.07, 6.45) is -0.00997. The number of rotatable bonds is 3. The number of carbonyl (C=O) groups excluding carboxylic acids is 1. The van der Waals surface area contributed by atoms with Crippen LogP contribution in [0, 0.1) is 17.5 Å². The lowest BCUT2D eigenvalue weighted by molar-refractivity contribution is 0.0992. The molecular weight excluding hydrogens is 321 g/mol. The first kappa shape index (κ1) is 13.8. The summed E-state index contributed by atoms with van der Waals surface area (Å²) in [6.45, 7) is 0. The molecule has 2 aromatic rings. The third kappa shape index (κ3) is 3.23. The van der Waals surface area contributed by atoms with Crippen LogP contribution in [-0.4, -0.2) is 5.78 Å². The molecule has 0 saturated heterocycles. The topological polar surface area (TPSA) is 17.1 Å². The van der Waals surface area contributed by atoms with Gasteiger partial charge in [-0.25, -0.2) is 13.2 Å². The highest BCUT2D eigenvalue weighted by Crippen LogP contribution is 2.18. The van der Waals surface area contributed by atoms with Crippen molar-refractivity contribution in [2.24, 2.45) is 0 Å². The molecule has 0 aliphatic rings. The van der Waals surface area contributed by atoms with Crippen LogP contribution in [0.5, 0.6) is 0 Å². The van der Waals surface area contributed by atoms with Crippen molar-refractivity contribution in [2.45, 2.75) is 6.42 Å². The van der Waals surface area contributed by atoms with Crippen LogP contribution in [0.25, 0.3) is 0 Å². The molecule has 98 valence electrons. The van der Waals surface area contributed by atoms with Crippen LogP contribution in [0.4, 0.5) is 13.2 Å². The van der Waals surface area contributed by atoms with Crippen LogP contribution in [0.1, 0.15) is 15.9 Å². The van der Waals surface area contributed by atoms with E-state index in [4.69, 9.17) is 0 Å². The van der Waals surface area contributed by atoms with Gasteiger partial charge in [-0.05, 0) is 51.8 Å². The Morgan fingerprint density at radius 2 is 1.63 bits per heavy atom. The smallest absolute Gasteiger partial charge is 0.167 e. The first-order chi connectivity index (χ1) is 8.97. The zero-order valence-electron chi connectivity index (χ0n) is 9.59. The zero-order valence-corrected chi connectivity index (χ0v) is 11.2. The van der Waals surface area contributed by atoms with Crippen molar-refractivity contribution in [3.05, 3.63) is 69.4 Å². The highest BCUT2D eigenvalue weighted by atomic mass is 79.9. The van der Waals surface area contributed by atoms with Crippen LogP contribution in [0.15, 0.2) is 40.9 Å². The standard InChI is InChI=1S/C14H8BrF3O/c15-10-5-8(1-3-11(10)16)6-14(19)9-2-4-12(17)13(18)7-9/h1-5,7H,6H2. The van der Waals surface area contributed by atoms with Crippen molar-refractivity contribution < 1.29 is 18.0 Å². The van der Waals surface area contributed by atoms with E-state index in [1.54, 1.807) is 0 Å². The summed E-state index contributed by atoms with van der Waals surface area (Å²) in [4.78, 5) is 11.9. The quantitative estimate of drug-likeness (QED) is 0.768. The number of Topliss-reactive ketones (excluding diaryl/α,β-unsaturated/α-hetero) is 1. The van der Waals surface area contributed by atoms with E-state index in [0.29, 0.717) is 5.56 Å². The fourth-order valence-corrected chi connectivity index (χ4v) is 2.03. The Hall–Kier alpha value is -1.62. The van der Waals surface area contributed by atoms with Crippen LogP contribution in [0.2, 0.25) is 0 Å². The third-order valence-electron chi connectivity index (χ3n) is 2.59. The van der Waals surface area contributed by atoms with Gasteiger partial charge in [-0.15, -0.1) is 0 Å². The molecule has 2 aromatic carbocycles. The van der Waals surface area contributed by atoms with E-state index < -0.39 is 17.5 Å². The van der Waals surface area contributed by atoms with Gasteiger partial charge in [0.15, 0.2) is 17.4 Å². The molecule has 0 atom stereocenters. The molecule has 0 N–H and O–H groups in total. The monoisotopic (exact) mass is 328 g/mol. The molecule has 0 unspecified atom stereocenters. The number of halogens is 4. The summed E-state index contributed by atoms with van der Waals surface area (Å²) in [5, 5.41) is 0. The Morgan fingerprint density at radius 1 is 0.947 bits per heavy atom. The second kappa shape index (κ2) is 5.57. The Balaban J connectivity index is 2.20. The Bertz CT molecular complexity index is 641. The van der Waals surface area contributed by atoms with E-state index in [0.717, 1.165) is 12.1 Å². The predicted molar refractivity (Wildman–Crippen MR) is 68.5 cm³/mol. The molecular formula is C14H8BrF3O. The first-order valence-electron chi connectivity index (χ1n) is 5.39. The number of benzene rings is 2. The van der Waals surface area contributed by atoms with Crippen molar-refractivity contribution in [1.29, 1.82) is 0 Å². The molecule has 0 amide bonds. The lowest BCUT2D eigenvalue weighted by atomic mass is 10.0. The maximum absolute atomic E-state index is 13.0. The molecule has 0 bridgehead atoms. The lowest BCUT2D eigenvalue weighted by Crippen LogP contribution is -2.04. The number of ketones is 1. The average Bonchev–Trinajstić information content (AvgIpc) is 2.37. The summed E-state index contributed by atoms with van der Waals surface area (Å²) < 4.78 is 39.0. The van der Waals surface area contributed by atoms with Gasteiger partial charge in [0.1, 0.15) is 5.82 Å². The van der Waals surface area contributed by atoms with Crippen LogP contribution < -0.4 is 0 Å². The minimum absolute atomic E-state index is 0.00997. The lowest BCUT2D eigenvalue weighted by Gasteiger charge is -2.03. The fourth-order valence-electron chi connectivity index (χ4n) is 1.61. The van der Waals surface area contributed by atoms with Gasteiger partial charge >= 0.3 is 0 Å². The first-order valence-corrected chi connectivity index (χ1v) is 6.19. The second-order valence-corrected chi connectivity index (χ2v) is 4.83. The summed E-state index contributed by atoms with van der Waals surface area (Å²) in [6, 6.07) is 7.17. The van der Waals surface area contributed by atoms with E-state index in [9.17, 15) is 18.0 Å². The molecule has 0 aliphatic carbocycles. The van der Waals surface area contributed by atoms with Gasteiger partial charge in [0.2, 0.25) is 0 Å². The molecule has 0 aliphatic heterocycles. The Kier molecular flexibility index (Phi) is 4.04. The number of hydrogen-bond donors (Lipinski definition) is 0. The summed E-state index contributed by atoms with van der Waals surface area (Å²) in [5.41, 5.74) is 0.669. The SMILES string of the molecule is O=C(Cc1ccc(F)c(Br)c1)c1ccc(F)c(F)c1. The third-order valence-corrected chi connectivity index (χ3v) is 3.20. The molecule has 1 nitrogen and oxygen atoms in total. The van der Waals surface area contributed by atoms with Crippen LogP contribution in [0.3, 0.4) is 0 Å². The molecule has 0 radical (unpaired) electrons. The Labute approximate surface area is 116 Å². The van der Waals surface area contributed by atoms with Gasteiger partial charge in [0, 0.05) is 12.0 Å². The van der Waals surface area contributed by atoms with E-state index in [-0.39, 0.29) is 22.2 Å². The summed E-state index contributed by atoms with van der Waals surface area (Å²) in [5.74, 6) is -2.85.